The molecule has 0 spiro atoms. The van der Waals surface area contributed by atoms with Gasteiger partial charge >= 0.3 is 0 Å². The molecule has 0 aliphatic carbocycles. The van der Waals surface area contributed by atoms with Crippen LogP contribution in [0.2, 0.25) is 5.02 Å². The van der Waals surface area contributed by atoms with Gasteiger partial charge in [0.25, 0.3) is 10.0 Å². The van der Waals surface area contributed by atoms with Gasteiger partial charge in [0.2, 0.25) is 0 Å². The molecule has 0 radical (unpaired) electrons. The smallest absolute Gasteiger partial charge is 0.261 e. The first-order valence-electron chi connectivity index (χ1n) is 6.58. The molecule has 2 aromatic heterocycles. The van der Waals surface area contributed by atoms with E-state index in [9.17, 15) is 8.42 Å². The SMILES string of the molecule is O=S(=O)(Nc1ccc(-c2cccc(Cl)c2)nn1)c1ccccn1. The molecule has 0 saturated heterocycles. The van der Waals surface area contributed by atoms with Gasteiger partial charge in [-0.25, -0.2) is 4.98 Å². The molecule has 8 heteroatoms. The number of nitrogens with one attached hydrogen (secondary N) is 1. The van der Waals surface area contributed by atoms with Crippen LogP contribution in [0.1, 0.15) is 0 Å². The van der Waals surface area contributed by atoms with Gasteiger partial charge in [-0.05, 0) is 36.4 Å². The number of aromatic nitrogens is 3. The van der Waals surface area contributed by atoms with E-state index in [2.05, 4.69) is 19.9 Å². The molecule has 3 aromatic rings. The summed E-state index contributed by atoms with van der Waals surface area (Å²) in [7, 11) is -3.78. The van der Waals surface area contributed by atoms with Gasteiger partial charge < -0.3 is 0 Å². The Morgan fingerprint density at radius 1 is 0.957 bits per heavy atom. The maximum Gasteiger partial charge on any atom is 0.280 e. The van der Waals surface area contributed by atoms with Crippen molar-refractivity contribution in [2.75, 3.05) is 4.72 Å². The molecule has 0 aliphatic heterocycles. The Morgan fingerprint density at radius 2 is 1.83 bits per heavy atom. The Kier molecular flexibility index (Phi) is 4.22. The van der Waals surface area contributed by atoms with Gasteiger partial charge in [0.05, 0.1) is 5.69 Å². The van der Waals surface area contributed by atoms with Crippen LogP contribution < -0.4 is 4.72 Å². The average Bonchev–Trinajstić information content (AvgIpc) is 2.56. The van der Waals surface area contributed by atoms with Crippen LogP contribution in [0.3, 0.4) is 0 Å². The normalized spacial score (nSPS) is 11.2. The van der Waals surface area contributed by atoms with Crippen LogP contribution in [0, 0.1) is 0 Å². The predicted molar refractivity (Wildman–Crippen MR) is 87.5 cm³/mol. The monoisotopic (exact) mass is 346 g/mol. The first kappa shape index (κ1) is 15.4. The van der Waals surface area contributed by atoms with Crippen LogP contribution in [-0.4, -0.2) is 23.6 Å². The standard InChI is InChI=1S/C15H11ClN4O2S/c16-12-5-3-4-11(10-12)13-7-8-14(19-18-13)20-23(21,22)15-6-1-2-9-17-15/h1-10H,(H,19,20). The van der Waals surface area contributed by atoms with E-state index in [4.69, 9.17) is 11.6 Å². The zero-order valence-electron chi connectivity index (χ0n) is 11.7. The van der Waals surface area contributed by atoms with Crippen LogP contribution >= 0.6 is 11.6 Å². The Hall–Kier alpha value is -2.51. The summed E-state index contributed by atoms with van der Waals surface area (Å²) in [6, 6.07) is 15.0. The van der Waals surface area contributed by atoms with Gasteiger partial charge in [-0.2, -0.15) is 8.42 Å². The van der Waals surface area contributed by atoms with Crippen LogP contribution in [-0.2, 0) is 10.0 Å². The highest BCUT2D eigenvalue weighted by Crippen LogP contribution is 2.21. The molecular formula is C15H11ClN4O2S. The zero-order valence-corrected chi connectivity index (χ0v) is 13.3. The molecular weight excluding hydrogens is 336 g/mol. The number of halogens is 1. The van der Waals surface area contributed by atoms with Gasteiger partial charge in [0.15, 0.2) is 10.8 Å². The van der Waals surface area contributed by atoms with Crippen LogP contribution in [0.25, 0.3) is 11.3 Å². The number of benzene rings is 1. The predicted octanol–water partition coefficient (Wildman–Crippen LogP) is 2.99. The summed E-state index contributed by atoms with van der Waals surface area (Å²) in [5.74, 6) is 0.112. The van der Waals surface area contributed by atoms with Crippen LogP contribution in [0.4, 0.5) is 5.82 Å². The van der Waals surface area contributed by atoms with Crippen molar-refractivity contribution < 1.29 is 8.42 Å². The lowest BCUT2D eigenvalue weighted by molar-refractivity contribution is 0.597. The number of nitrogens with zero attached hydrogens (tertiary/aromatic N) is 3. The van der Waals surface area contributed by atoms with Gasteiger partial charge in [0, 0.05) is 16.8 Å². The van der Waals surface area contributed by atoms with Crippen LogP contribution in [0.15, 0.2) is 65.8 Å². The largest absolute Gasteiger partial charge is 0.280 e. The molecule has 0 unspecified atom stereocenters. The van der Waals surface area contributed by atoms with Crippen molar-refractivity contribution in [2.24, 2.45) is 0 Å². The molecule has 0 fully saturated rings. The molecule has 0 bridgehead atoms. The van der Waals surface area contributed by atoms with Crippen molar-refractivity contribution in [2.45, 2.75) is 5.03 Å². The van der Waals surface area contributed by atoms with Gasteiger partial charge in [0.1, 0.15) is 0 Å². The van der Waals surface area contributed by atoms with E-state index in [1.54, 1.807) is 36.4 Å². The fraction of sp³-hybridized carbons (Fsp3) is 0. The summed E-state index contributed by atoms with van der Waals surface area (Å²) in [6.45, 7) is 0. The van der Waals surface area contributed by atoms with Crippen molar-refractivity contribution in [1.29, 1.82) is 0 Å². The van der Waals surface area contributed by atoms with E-state index in [-0.39, 0.29) is 10.8 Å². The summed E-state index contributed by atoms with van der Waals surface area (Å²) in [6.07, 6.45) is 1.41. The quantitative estimate of drug-likeness (QED) is 0.785. The molecule has 1 aromatic carbocycles. The Labute approximate surface area is 138 Å². The summed E-state index contributed by atoms with van der Waals surface area (Å²) in [5, 5.41) is 8.40. The minimum atomic E-state index is -3.78. The zero-order chi connectivity index (χ0) is 16.3. The first-order valence-corrected chi connectivity index (χ1v) is 8.44. The number of hydrogen-bond acceptors (Lipinski definition) is 5. The number of anilines is 1. The molecule has 0 aliphatic rings. The molecule has 0 saturated carbocycles. The lowest BCUT2D eigenvalue weighted by atomic mass is 10.1. The number of pyridine rings is 1. The molecule has 2 heterocycles. The van der Waals surface area contributed by atoms with Crippen molar-refractivity contribution >= 4 is 27.4 Å². The summed E-state index contributed by atoms with van der Waals surface area (Å²) < 4.78 is 26.6. The number of sulfonamides is 1. The molecule has 0 atom stereocenters. The maximum absolute atomic E-state index is 12.1. The van der Waals surface area contributed by atoms with E-state index in [1.807, 2.05) is 6.07 Å². The third kappa shape index (κ3) is 3.64. The van der Waals surface area contributed by atoms with Crippen LogP contribution in [0.5, 0.6) is 0 Å². The Morgan fingerprint density at radius 3 is 2.48 bits per heavy atom. The van der Waals surface area contributed by atoms with Gasteiger partial charge in [-0.3, -0.25) is 4.72 Å². The molecule has 0 amide bonds. The Balaban J connectivity index is 1.83. The minimum Gasteiger partial charge on any atom is -0.261 e. The fourth-order valence-corrected chi connectivity index (χ4v) is 3.02. The van der Waals surface area contributed by atoms with Gasteiger partial charge in [-0.15, -0.1) is 10.2 Å². The second-order valence-electron chi connectivity index (χ2n) is 4.59. The Bertz CT molecular complexity index is 916. The fourth-order valence-electron chi connectivity index (χ4n) is 1.88. The molecule has 1 N–H and O–H groups in total. The summed E-state index contributed by atoms with van der Waals surface area (Å²) in [4.78, 5) is 3.81. The summed E-state index contributed by atoms with van der Waals surface area (Å²) >= 11 is 5.93. The molecule has 23 heavy (non-hydrogen) atoms. The highest BCUT2D eigenvalue weighted by molar-refractivity contribution is 7.92. The lowest BCUT2D eigenvalue weighted by Crippen LogP contribution is -2.15. The highest BCUT2D eigenvalue weighted by Gasteiger charge is 2.16. The van der Waals surface area contributed by atoms with E-state index in [0.717, 1.165) is 5.56 Å². The molecule has 6 nitrogen and oxygen atoms in total. The van der Waals surface area contributed by atoms with Crippen molar-refractivity contribution in [3.05, 3.63) is 65.8 Å². The highest BCUT2D eigenvalue weighted by atomic mass is 35.5. The third-order valence-corrected chi connectivity index (χ3v) is 4.44. The minimum absolute atomic E-state index is 0.0827. The second kappa shape index (κ2) is 6.31. The van der Waals surface area contributed by atoms with Gasteiger partial charge in [-0.1, -0.05) is 29.8 Å². The molecule has 3 rings (SSSR count). The van der Waals surface area contributed by atoms with E-state index < -0.39 is 10.0 Å². The van der Waals surface area contributed by atoms with Crippen molar-refractivity contribution in [3.8, 4) is 11.3 Å². The third-order valence-electron chi connectivity index (χ3n) is 2.94. The first-order chi connectivity index (χ1) is 11.0. The second-order valence-corrected chi connectivity index (χ2v) is 6.65. The van der Waals surface area contributed by atoms with E-state index >= 15 is 0 Å². The maximum atomic E-state index is 12.1. The molecule has 116 valence electrons. The van der Waals surface area contributed by atoms with E-state index in [1.165, 1.54) is 18.3 Å². The average molecular weight is 347 g/mol. The number of hydrogen-bond donors (Lipinski definition) is 1. The van der Waals surface area contributed by atoms with Crippen molar-refractivity contribution in [3.63, 3.8) is 0 Å². The lowest BCUT2D eigenvalue weighted by Gasteiger charge is -2.06. The number of rotatable bonds is 4. The topological polar surface area (TPSA) is 84.8 Å². The van der Waals surface area contributed by atoms with Crippen molar-refractivity contribution in [1.82, 2.24) is 15.2 Å². The van der Waals surface area contributed by atoms with E-state index in [0.29, 0.717) is 10.7 Å². The summed E-state index contributed by atoms with van der Waals surface area (Å²) in [5.41, 5.74) is 1.39.